The van der Waals surface area contributed by atoms with Crippen LogP contribution in [0.4, 0.5) is 5.69 Å². The van der Waals surface area contributed by atoms with E-state index in [1.165, 1.54) is 4.31 Å². The van der Waals surface area contributed by atoms with Gasteiger partial charge in [-0.15, -0.1) is 0 Å². The molecule has 0 radical (unpaired) electrons. The molecule has 1 heterocycles. The predicted molar refractivity (Wildman–Crippen MR) is 139 cm³/mol. The summed E-state index contributed by atoms with van der Waals surface area (Å²) in [5.74, 6) is -0.173. The molecule has 9 nitrogen and oxygen atoms in total. The van der Waals surface area contributed by atoms with E-state index in [4.69, 9.17) is 15.6 Å². The van der Waals surface area contributed by atoms with Crippen molar-refractivity contribution in [3.8, 4) is 0 Å². The van der Waals surface area contributed by atoms with Crippen LogP contribution in [0.1, 0.15) is 25.7 Å². The average Bonchev–Trinajstić information content (AvgIpc) is 2.84. The van der Waals surface area contributed by atoms with Crippen LogP contribution in [0, 0.1) is 0 Å². The number of nitrogens with two attached hydrogens (primary N) is 1. The third-order valence-electron chi connectivity index (χ3n) is 6.43. The first-order valence-electron chi connectivity index (χ1n) is 11.9. The Morgan fingerprint density at radius 2 is 1.74 bits per heavy atom. The van der Waals surface area contributed by atoms with Crippen LogP contribution < -0.4 is 10.6 Å². The first kappa shape index (κ1) is 27.8. The Bertz CT molecular complexity index is 1190. The summed E-state index contributed by atoms with van der Waals surface area (Å²) in [5.41, 5.74) is 6.80. The highest BCUT2D eigenvalue weighted by atomic mass is 32.2. The molecule has 3 rings (SSSR count). The Labute approximate surface area is 208 Å². The van der Waals surface area contributed by atoms with E-state index in [-0.39, 0.29) is 57.5 Å². The third-order valence-corrected chi connectivity index (χ3v) is 10.6. The molecule has 3 N–H and O–H groups in total. The van der Waals surface area contributed by atoms with Gasteiger partial charge in [0.2, 0.25) is 10.0 Å². The van der Waals surface area contributed by atoms with Gasteiger partial charge in [-0.2, -0.15) is 0 Å². The van der Waals surface area contributed by atoms with Crippen molar-refractivity contribution >= 4 is 36.3 Å². The summed E-state index contributed by atoms with van der Waals surface area (Å²) in [6.45, 7) is 0.644. The van der Waals surface area contributed by atoms with Gasteiger partial charge in [0.15, 0.2) is 9.84 Å². The van der Waals surface area contributed by atoms with Gasteiger partial charge in [-0.05, 0) is 37.8 Å². The normalized spacial score (nSPS) is 17.0. The van der Waals surface area contributed by atoms with Crippen LogP contribution in [0.15, 0.2) is 41.3 Å². The zero-order valence-electron chi connectivity index (χ0n) is 20.5. The van der Waals surface area contributed by atoms with E-state index in [9.17, 15) is 16.8 Å². The molecule has 11 heteroatoms. The van der Waals surface area contributed by atoms with Crippen LogP contribution in [-0.4, -0.2) is 90.3 Å². The number of sulfone groups is 1. The average molecular weight is 528 g/mol. The van der Waals surface area contributed by atoms with Crippen LogP contribution in [-0.2, 0) is 24.6 Å². The Morgan fingerprint density at radius 3 is 2.40 bits per heavy atom. The second kappa shape index (κ2) is 12.0. The number of fused-ring (bicyclic) bond motifs is 1. The molecule has 1 atom stereocenters. The van der Waals surface area contributed by atoms with Crippen LogP contribution in [0.2, 0.25) is 0 Å². The fourth-order valence-electron chi connectivity index (χ4n) is 4.47. The number of hydrogen-bond acceptors (Lipinski definition) is 8. The number of sulfonamides is 1. The molecule has 1 fully saturated rings. The van der Waals surface area contributed by atoms with E-state index in [0.29, 0.717) is 23.1 Å². The maximum Gasteiger partial charge on any atom is 0.216 e. The van der Waals surface area contributed by atoms with Crippen molar-refractivity contribution < 1.29 is 26.7 Å². The lowest BCUT2D eigenvalue weighted by Gasteiger charge is -2.31. The largest absolute Gasteiger partial charge is 0.396 e. The van der Waals surface area contributed by atoms with Crippen molar-refractivity contribution in [2.45, 2.75) is 41.9 Å². The van der Waals surface area contributed by atoms with Crippen molar-refractivity contribution in [2.24, 2.45) is 5.73 Å². The molecule has 0 saturated carbocycles. The lowest BCUT2D eigenvalue weighted by molar-refractivity contribution is 0.128. The highest BCUT2D eigenvalue weighted by Gasteiger charge is 2.35. The van der Waals surface area contributed by atoms with E-state index < -0.39 is 25.1 Å². The van der Waals surface area contributed by atoms with Gasteiger partial charge in [0.05, 0.1) is 29.1 Å². The molecule has 196 valence electrons. The summed E-state index contributed by atoms with van der Waals surface area (Å²) in [6, 6.07) is 10.7. The maximum atomic E-state index is 13.6. The van der Waals surface area contributed by atoms with Gasteiger partial charge in [0, 0.05) is 56.3 Å². The Kier molecular flexibility index (Phi) is 9.53. The molecule has 2 aromatic carbocycles. The number of aliphatic hydroxyl groups excluding tert-OH is 1. The highest BCUT2D eigenvalue weighted by molar-refractivity contribution is 7.92. The van der Waals surface area contributed by atoms with Gasteiger partial charge < -0.3 is 20.5 Å². The minimum absolute atomic E-state index is 0.0254. The van der Waals surface area contributed by atoms with Crippen molar-refractivity contribution in [1.29, 1.82) is 0 Å². The number of hydrogen-bond donors (Lipinski definition) is 2. The van der Waals surface area contributed by atoms with Crippen molar-refractivity contribution in [1.82, 2.24) is 4.31 Å². The second-order valence-electron chi connectivity index (χ2n) is 9.18. The van der Waals surface area contributed by atoms with E-state index >= 15 is 0 Å². The zero-order valence-corrected chi connectivity index (χ0v) is 22.1. The SMILES string of the molecule is CN(C)c1cccc2c(S(=O)(=O)C3CCN(S(=O)(=O)CCOC[C@@H](N)CCCO)CC3)cccc12. The molecule has 2 aromatic rings. The van der Waals surface area contributed by atoms with Crippen molar-refractivity contribution in [3.63, 3.8) is 0 Å². The van der Waals surface area contributed by atoms with Gasteiger partial charge in [0.25, 0.3) is 0 Å². The summed E-state index contributed by atoms with van der Waals surface area (Å²) >= 11 is 0. The molecule has 1 saturated heterocycles. The lowest BCUT2D eigenvalue weighted by Crippen LogP contribution is -2.44. The molecular formula is C24H37N3O6S2. The molecule has 0 amide bonds. The van der Waals surface area contributed by atoms with Crippen molar-refractivity contribution in [3.05, 3.63) is 36.4 Å². The van der Waals surface area contributed by atoms with Crippen molar-refractivity contribution in [2.75, 3.05) is 57.7 Å². The minimum Gasteiger partial charge on any atom is -0.396 e. The molecule has 35 heavy (non-hydrogen) atoms. The standard InChI is InChI=1S/C24H37N3O6S2/c1-26(2)23-9-3-8-22-21(23)7-4-10-24(22)35(31,32)20-11-13-27(14-12-20)34(29,30)17-16-33-18-19(25)6-5-15-28/h3-4,7-10,19-20,28H,5-6,11-18,25H2,1-2H3/t19-/m0/s1. The molecule has 0 bridgehead atoms. The number of rotatable bonds is 12. The third kappa shape index (κ3) is 6.72. The summed E-state index contributed by atoms with van der Waals surface area (Å²) < 4.78 is 59.4. The monoisotopic (exact) mass is 527 g/mol. The fourth-order valence-corrected chi connectivity index (χ4v) is 7.76. The van der Waals surface area contributed by atoms with Crippen LogP contribution in [0.5, 0.6) is 0 Å². The molecule has 0 aliphatic carbocycles. The summed E-state index contributed by atoms with van der Waals surface area (Å²) in [4.78, 5) is 2.25. The molecule has 0 aromatic heterocycles. The smallest absolute Gasteiger partial charge is 0.216 e. The highest BCUT2D eigenvalue weighted by Crippen LogP contribution is 2.34. The van der Waals surface area contributed by atoms with E-state index in [0.717, 1.165) is 11.1 Å². The fraction of sp³-hybridized carbons (Fsp3) is 0.583. The minimum atomic E-state index is -3.63. The first-order chi connectivity index (χ1) is 16.6. The lowest BCUT2D eigenvalue weighted by atomic mass is 10.1. The van der Waals surface area contributed by atoms with Gasteiger partial charge in [-0.25, -0.2) is 21.1 Å². The molecule has 1 aliphatic heterocycles. The first-order valence-corrected chi connectivity index (χ1v) is 15.1. The van der Waals surface area contributed by atoms with Gasteiger partial charge >= 0.3 is 0 Å². The van der Waals surface area contributed by atoms with E-state index in [2.05, 4.69) is 0 Å². The van der Waals surface area contributed by atoms with Crippen LogP contribution in [0.3, 0.4) is 0 Å². The molecule has 1 aliphatic rings. The Balaban J connectivity index is 1.63. The molecule has 0 spiro atoms. The van der Waals surface area contributed by atoms with Gasteiger partial charge in [-0.1, -0.05) is 24.3 Å². The van der Waals surface area contributed by atoms with Crippen LogP contribution >= 0.6 is 0 Å². The number of aliphatic hydroxyl groups is 1. The number of anilines is 1. The van der Waals surface area contributed by atoms with E-state index in [1.807, 2.05) is 43.3 Å². The number of benzene rings is 2. The molecule has 0 unspecified atom stereocenters. The molecular weight excluding hydrogens is 490 g/mol. The number of piperidine rings is 1. The quantitative estimate of drug-likeness (QED) is 0.398. The zero-order chi connectivity index (χ0) is 25.6. The second-order valence-corrected chi connectivity index (χ2v) is 13.5. The Hall–Kier alpha value is -1.76. The number of ether oxygens (including phenoxy) is 1. The van der Waals surface area contributed by atoms with Gasteiger partial charge in [-0.3, -0.25) is 0 Å². The van der Waals surface area contributed by atoms with E-state index in [1.54, 1.807) is 12.1 Å². The summed E-state index contributed by atoms with van der Waals surface area (Å²) in [7, 11) is -3.35. The summed E-state index contributed by atoms with van der Waals surface area (Å²) in [6.07, 6.45) is 1.69. The number of nitrogens with zero attached hydrogens (tertiary/aromatic N) is 2. The Morgan fingerprint density at radius 1 is 1.09 bits per heavy atom. The van der Waals surface area contributed by atoms with Crippen LogP contribution in [0.25, 0.3) is 10.8 Å². The van der Waals surface area contributed by atoms with Gasteiger partial charge in [0.1, 0.15) is 0 Å². The maximum absolute atomic E-state index is 13.6. The summed E-state index contributed by atoms with van der Waals surface area (Å²) in [5, 5.41) is 9.75. The topological polar surface area (TPSA) is 130 Å². The predicted octanol–water partition coefficient (Wildman–Crippen LogP) is 1.59.